The van der Waals surface area contributed by atoms with Crippen molar-refractivity contribution in [2.75, 3.05) is 83.9 Å². The number of nitrogens with one attached hydrogen (secondary N) is 1. The van der Waals surface area contributed by atoms with Gasteiger partial charge < -0.3 is 24.9 Å². The number of fused-ring (bicyclic) bond motifs is 8. The van der Waals surface area contributed by atoms with Gasteiger partial charge in [-0.3, -0.25) is 56.7 Å². The normalized spacial score (nSPS) is 15.7. The third-order valence-electron chi connectivity index (χ3n) is 24.4. The summed E-state index contributed by atoms with van der Waals surface area (Å²) in [4.78, 5) is 98.2. The van der Waals surface area contributed by atoms with Crippen molar-refractivity contribution in [1.29, 1.82) is 0 Å². The summed E-state index contributed by atoms with van der Waals surface area (Å²) < 4.78 is 13.8. The molecule has 0 bridgehead atoms. The molecule has 29 heteroatoms. The average molecular weight is 1610 g/mol. The fourth-order valence-corrected chi connectivity index (χ4v) is 17.9. The Balaban J connectivity index is 0.000000114. The van der Waals surface area contributed by atoms with Gasteiger partial charge in [0, 0.05) is 68.2 Å². The highest BCUT2D eigenvalue weighted by Crippen LogP contribution is 2.33. The molecule has 0 saturated carbocycles. The number of pyridine rings is 4. The quantitative estimate of drug-likeness (QED) is 0.119. The summed E-state index contributed by atoms with van der Waals surface area (Å²) in [5.74, 6) is 1.50. The molecule has 4 aliphatic rings. The van der Waals surface area contributed by atoms with Crippen molar-refractivity contribution in [1.82, 2.24) is 116 Å². The van der Waals surface area contributed by atoms with Crippen molar-refractivity contribution in [2.45, 2.75) is 151 Å². The zero-order valence-electron chi connectivity index (χ0n) is 70.5. The average Bonchev–Trinajstić information content (AvgIpc) is 1.24. The lowest BCUT2D eigenvalue weighted by atomic mass is 9.90. The van der Waals surface area contributed by atoms with E-state index in [2.05, 4.69) is 117 Å². The van der Waals surface area contributed by atoms with Gasteiger partial charge in [-0.1, -0.05) is 39.0 Å². The van der Waals surface area contributed by atoms with E-state index >= 15 is 0 Å². The minimum Gasteiger partial charge on any atom is -0.370 e. The van der Waals surface area contributed by atoms with Gasteiger partial charge in [0.05, 0.1) is 121 Å². The van der Waals surface area contributed by atoms with E-state index in [4.69, 9.17) is 19.9 Å². The highest BCUT2D eigenvalue weighted by Gasteiger charge is 2.27. The number of aryl methyl sites for hydroxylation is 8. The van der Waals surface area contributed by atoms with Crippen molar-refractivity contribution in [3.63, 3.8) is 0 Å². The summed E-state index contributed by atoms with van der Waals surface area (Å²) in [5.41, 5.74) is 22.9. The van der Waals surface area contributed by atoms with Crippen LogP contribution in [0.5, 0.6) is 0 Å². The van der Waals surface area contributed by atoms with Crippen molar-refractivity contribution in [3.8, 4) is 45.6 Å². The molecule has 0 aliphatic carbocycles. The highest BCUT2D eigenvalue weighted by molar-refractivity contribution is 5.70. The first-order valence-corrected chi connectivity index (χ1v) is 42.1. The molecular formula is C91H103N25O4. The van der Waals surface area contributed by atoms with Gasteiger partial charge in [-0.05, 0) is 262 Å². The van der Waals surface area contributed by atoms with Gasteiger partial charge in [0.25, 0.3) is 22.2 Å². The number of nitrogens with zero attached hydrogens (tertiary/aromatic N) is 24. The molecule has 20 heterocycles. The Morgan fingerprint density at radius 1 is 0.350 bits per heavy atom. The van der Waals surface area contributed by atoms with Crippen LogP contribution >= 0.6 is 0 Å². The lowest BCUT2D eigenvalue weighted by molar-refractivity contribution is 0.186. The number of hydrogen-bond acceptors (Lipinski definition) is 21. The topological polar surface area (TPSA) is 283 Å². The van der Waals surface area contributed by atoms with Crippen LogP contribution in [0.2, 0.25) is 0 Å². The Bertz CT molecular complexity index is 6810. The number of likely N-dealkylation sites (tertiary alicyclic amines) is 2. The van der Waals surface area contributed by atoms with Crippen LogP contribution in [0.15, 0.2) is 166 Å². The molecule has 120 heavy (non-hydrogen) atoms. The predicted molar refractivity (Wildman–Crippen MR) is 468 cm³/mol. The smallest absolute Gasteiger partial charge is 0.258 e. The van der Waals surface area contributed by atoms with Gasteiger partial charge in [0.15, 0.2) is 0 Å². The predicted octanol–water partition coefficient (Wildman–Crippen LogP) is 11.9. The molecule has 4 aliphatic heterocycles. The van der Waals surface area contributed by atoms with E-state index in [1.165, 1.54) is 16.7 Å². The van der Waals surface area contributed by atoms with Gasteiger partial charge in [-0.25, -0.2) is 38.0 Å². The van der Waals surface area contributed by atoms with Crippen LogP contribution in [0.1, 0.15) is 152 Å². The van der Waals surface area contributed by atoms with E-state index in [1.807, 2.05) is 158 Å². The standard InChI is InChI=1S/C25H31N7O.C23H26N6O.C22H24N6O.C21H22N6O/c1-5-29(6-2)19-9-11-30(12-10-19)20-7-8-24-27-21(14-25(33)31(24)16-20)22-13-23-18(4)26-17(3)15-32(23)28-22;1-4-27-9-7-17(8-10-27)18-5-6-22-25-19(12-23(30)28(22)14-18)20-11-21-16(3)24-15(2)13-29(21)26-20;1-14-12-28-20(15(2)23-14)10-19(25-28)18-11-22(29)27-13-17(4-5-21(27)24-18)16-6-8-26(3)9-7-16;1-13-11-27-19(14(2)23-13)9-18(25-27)17-10-21(28)26-12-16(3-4-20(26)24-17)15-5-7-22-8-6-15/h7-8,13-16,19H,5-6,9-12H2,1-4H3;5-6,11-14,17H,4,7-10H2,1-3H3;4-5,10-13,16H,6-9H2,1-3H3;3-4,9-12,15,22H,5-8H2,1-2H3. The molecule has 0 aromatic carbocycles. The second kappa shape index (κ2) is 33.8. The Hall–Kier alpha value is -12.4. The molecule has 4 fully saturated rings. The molecule has 20 rings (SSSR count). The van der Waals surface area contributed by atoms with Crippen molar-refractivity contribution in [2.24, 2.45) is 0 Å². The molecule has 0 atom stereocenters. The number of rotatable bonds is 12. The summed E-state index contributed by atoms with van der Waals surface area (Å²) in [6, 6.07) is 30.9. The zero-order chi connectivity index (χ0) is 83.3. The largest absolute Gasteiger partial charge is 0.370 e. The summed E-state index contributed by atoms with van der Waals surface area (Å²) in [7, 11) is 2.16. The van der Waals surface area contributed by atoms with Crippen LogP contribution in [0.3, 0.4) is 0 Å². The number of anilines is 1. The van der Waals surface area contributed by atoms with Crippen molar-refractivity contribution in [3.05, 3.63) is 250 Å². The number of aromatic nitrogens is 20. The Kier molecular flexibility index (Phi) is 22.5. The molecule has 4 saturated heterocycles. The second-order valence-electron chi connectivity index (χ2n) is 32.7. The molecule has 0 radical (unpaired) electrons. The van der Waals surface area contributed by atoms with E-state index in [0.29, 0.717) is 91.9 Å². The Morgan fingerprint density at radius 3 is 1.00 bits per heavy atom. The minimum atomic E-state index is -0.0991. The minimum absolute atomic E-state index is 0.0778. The van der Waals surface area contributed by atoms with Crippen molar-refractivity contribution < 1.29 is 0 Å². The van der Waals surface area contributed by atoms with Crippen LogP contribution < -0.4 is 32.5 Å². The molecule has 0 unspecified atom stereocenters. The van der Waals surface area contributed by atoms with E-state index in [-0.39, 0.29) is 22.2 Å². The summed E-state index contributed by atoms with van der Waals surface area (Å²) in [6.45, 7) is 34.1. The second-order valence-corrected chi connectivity index (χ2v) is 32.7. The van der Waals surface area contributed by atoms with E-state index in [1.54, 1.807) is 55.4 Å². The number of piperidine rings is 4. The van der Waals surface area contributed by atoms with Gasteiger partial charge in [-0.15, -0.1) is 0 Å². The molecule has 16 aromatic heterocycles. The molecule has 0 amide bonds. The van der Waals surface area contributed by atoms with Crippen molar-refractivity contribution >= 4 is 50.3 Å². The first-order valence-electron chi connectivity index (χ1n) is 42.1. The molecular weight excluding hydrogens is 1510 g/mol. The van der Waals surface area contributed by atoms with E-state index in [0.717, 1.165) is 197 Å². The van der Waals surface area contributed by atoms with Crippen LogP contribution in [0.4, 0.5) is 5.69 Å². The SMILES string of the molecule is CCN(CC)C1CCN(c2ccc3nc(-c4cc5c(C)nc(C)cn5n4)cc(=O)n3c2)CC1.CCN1CCC(c2ccc3nc(-c4cc5c(C)nc(C)cn5n4)cc(=O)n3c2)CC1.Cc1cn2nc(-c3cc(=O)n4cc(C5CCN(C)CC5)ccc4n3)cc2c(C)n1.Cc1cn2nc(-c3cc(=O)n4cc(C5CCNCC5)ccc4n3)cc2c(C)n1. The lowest BCUT2D eigenvalue weighted by Gasteiger charge is -2.38. The van der Waals surface area contributed by atoms with Crippen LogP contribution in [-0.2, 0) is 0 Å². The fraction of sp³-hybridized carbons (Fsp3) is 0.385. The fourth-order valence-electron chi connectivity index (χ4n) is 17.9. The van der Waals surface area contributed by atoms with E-state index < -0.39 is 0 Å². The number of hydrogen-bond donors (Lipinski definition) is 1. The summed E-state index contributed by atoms with van der Waals surface area (Å²) >= 11 is 0. The maximum absolute atomic E-state index is 13.0. The molecule has 616 valence electrons. The van der Waals surface area contributed by atoms with Crippen LogP contribution in [0, 0.1) is 55.4 Å². The molecule has 16 aromatic rings. The van der Waals surface area contributed by atoms with E-state index in [9.17, 15) is 19.2 Å². The Morgan fingerprint density at radius 2 is 0.667 bits per heavy atom. The maximum atomic E-state index is 13.0. The van der Waals surface area contributed by atoms with Gasteiger partial charge >= 0.3 is 0 Å². The van der Waals surface area contributed by atoms with Gasteiger partial charge in [0.2, 0.25) is 0 Å². The molecule has 1 N–H and O–H groups in total. The third-order valence-corrected chi connectivity index (χ3v) is 24.4. The summed E-state index contributed by atoms with van der Waals surface area (Å²) in [5, 5.41) is 21.9. The van der Waals surface area contributed by atoms with Crippen LogP contribution in [0.25, 0.3) is 90.2 Å². The summed E-state index contributed by atoms with van der Waals surface area (Å²) in [6.07, 6.45) is 24.3. The Labute approximate surface area is 693 Å². The maximum Gasteiger partial charge on any atom is 0.258 e. The van der Waals surface area contributed by atoms with Gasteiger partial charge in [-0.2, -0.15) is 20.4 Å². The molecule has 0 spiro atoms. The first kappa shape index (κ1) is 80.0. The monoisotopic (exact) mass is 1610 g/mol. The van der Waals surface area contributed by atoms with Crippen LogP contribution in [-0.4, -0.2) is 196 Å². The zero-order valence-corrected chi connectivity index (χ0v) is 70.5. The first-order chi connectivity index (χ1) is 58.0. The van der Waals surface area contributed by atoms with Gasteiger partial charge in [0.1, 0.15) is 45.4 Å². The highest BCUT2D eigenvalue weighted by atomic mass is 16.1. The third kappa shape index (κ3) is 16.6. The molecule has 29 nitrogen and oxygen atoms in total. The lowest BCUT2D eigenvalue weighted by Crippen LogP contribution is -2.45.